The number of ether oxygens (including phenoxy) is 2. The molecule has 1 aromatic heterocycles. The van der Waals surface area contributed by atoms with Crippen LogP contribution in [0.25, 0.3) is 5.76 Å². The van der Waals surface area contributed by atoms with Gasteiger partial charge in [-0.1, -0.05) is 19.9 Å². The lowest BCUT2D eigenvalue weighted by Crippen LogP contribution is -2.37. The minimum absolute atomic E-state index is 0.112. The Morgan fingerprint density at radius 3 is 2.67 bits per heavy atom. The van der Waals surface area contributed by atoms with Crippen molar-refractivity contribution in [2.24, 2.45) is 0 Å². The summed E-state index contributed by atoms with van der Waals surface area (Å²) in [5.74, 6) is -0.357. The van der Waals surface area contributed by atoms with Crippen molar-refractivity contribution in [3.8, 4) is 11.5 Å². The maximum absolute atomic E-state index is 13.0. The number of aliphatic hydroxyl groups is 1. The first-order chi connectivity index (χ1) is 14.5. The molecule has 1 aromatic carbocycles. The van der Waals surface area contributed by atoms with Gasteiger partial charge in [0.15, 0.2) is 11.5 Å². The maximum atomic E-state index is 13.0. The van der Waals surface area contributed by atoms with Crippen molar-refractivity contribution in [1.82, 2.24) is 9.80 Å². The number of fused-ring (bicyclic) bond motifs is 1. The van der Waals surface area contributed by atoms with Gasteiger partial charge in [0.1, 0.15) is 5.76 Å². The van der Waals surface area contributed by atoms with Gasteiger partial charge in [0, 0.05) is 23.5 Å². The number of nitrogens with zero attached hydrogens (tertiary/aromatic N) is 2. The zero-order valence-corrected chi connectivity index (χ0v) is 17.8. The number of likely N-dealkylation sites (N-methyl/N-ethyl adjacent to an activating group) is 1. The third-order valence-electron chi connectivity index (χ3n) is 5.55. The molecule has 0 saturated carbocycles. The van der Waals surface area contributed by atoms with Crippen LogP contribution in [0.5, 0.6) is 11.5 Å². The highest BCUT2D eigenvalue weighted by atomic mass is 32.1. The normalized spacial score (nSPS) is 19.8. The van der Waals surface area contributed by atoms with Crippen molar-refractivity contribution in [1.29, 1.82) is 0 Å². The number of hydrogen-bond donors (Lipinski definition) is 1. The lowest BCUT2D eigenvalue weighted by atomic mass is 9.99. The molecule has 7 nitrogen and oxygen atoms in total. The molecular weight excluding hydrogens is 404 g/mol. The van der Waals surface area contributed by atoms with Crippen LogP contribution in [0.4, 0.5) is 0 Å². The van der Waals surface area contributed by atoms with E-state index in [4.69, 9.17) is 9.47 Å². The van der Waals surface area contributed by atoms with E-state index >= 15 is 0 Å². The van der Waals surface area contributed by atoms with E-state index in [1.54, 1.807) is 23.1 Å². The number of carbonyl (C=O) groups is 2. The second kappa shape index (κ2) is 8.49. The molecule has 8 heteroatoms. The van der Waals surface area contributed by atoms with Crippen molar-refractivity contribution in [3.05, 3.63) is 51.7 Å². The number of carbonyl (C=O) groups excluding carboxylic acids is 2. The van der Waals surface area contributed by atoms with E-state index < -0.39 is 17.7 Å². The highest BCUT2D eigenvalue weighted by Crippen LogP contribution is 2.42. The van der Waals surface area contributed by atoms with Gasteiger partial charge in [0.2, 0.25) is 6.79 Å². The molecule has 158 valence electrons. The number of benzene rings is 1. The molecule has 0 radical (unpaired) electrons. The van der Waals surface area contributed by atoms with Gasteiger partial charge in [0.25, 0.3) is 11.7 Å². The number of thiophene rings is 1. The van der Waals surface area contributed by atoms with E-state index in [-0.39, 0.29) is 18.1 Å². The predicted octanol–water partition coefficient (Wildman–Crippen LogP) is 3.24. The highest BCUT2D eigenvalue weighted by Gasteiger charge is 2.46. The largest absolute Gasteiger partial charge is 0.507 e. The van der Waals surface area contributed by atoms with E-state index in [0.717, 1.165) is 18.0 Å². The molecular formula is C22H24N2O5S. The molecule has 1 unspecified atom stereocenters. The van der Waals surface area contributed by atoms with Gasteiger partial charge in [-0.2, -0.15) is 0 Å². The number of hydrogen-bond acceptors (Lipinski definition) is 7. The molecule has 1 saturated heterocycles. The molecule has 0 spiro atoms. The maximum Gasteiger partial charge on any atom is 0.295 e. The van der Waals surface area contributed by atoms with Crippen molar-refractivity contribution in [2.75, 3.05) is 33.0 Å². The average Bonchev–Trinajstić information content (AvgIpc) is 3.49. The summed E-state index contributed by atoms with van der Waals surface area (Å²) < 4.78 is 10.7. The molecule has 2 aliphatic rings. The summed E-state index contributed by atoms with van der Waals surface area (Å²) >= 11 is 1.46. The molecule has 4 rings (SSSR count). The quantitative estimate of drug-likeness (QED) is 0.414. The molecule has 1 atom stereocenters. The Morgan fingerprint density at radius 2 is 1.97 bits per heavy atom. The number of ketones is 1. The zero-order valence-electron chi connectivity index (χ0n) is 17.0. The Hall–Kier alpha value is -2.84. The van der Waals surface area contributed by atoms with Crippen LogP contribution in [0.15, 0.2) is 41.3 Å². The number of Topliss-reactive ketones (excluding diaryl/α,β-unsaturated/α-hetero) is 1. The first-order valence-electron chi connectivity index (χ1n) is 9.99. The molecule has 0 aliphatic carbocycles. The Bertz CT molecular complexity index is 981. The molecule has 1 N–H and O–H groups in total. The molecule has 1 amide bonds. The van der Waals surface area contributed by atoms with Gasteiger partial charge in [-0.3, -0.25) is 9.59 Å². The summed E-state index contributed by atoms with van der Waals surface area (Å²) in [5.41, 5.74) is 0.531. The van der Waals surface area contributed by atoms with Crippen LogP contribution >= 0.6 is 11.3 Å². The van der Waals surface area contributed by atoms with Gasteiger partial charge >= 0.3 is 0 Å². The molecule has 3 heterocycles. The van der Waals surface area contributed by atoms with Crippen LogP contribution in [0.3, 0.4) is 0 Å². The molecule has 2 aliphatic heterocycles. The fraction of sp³-hybridized carbons (Fsp3) is 0.364. The summed E-state index contributed by atoms with van der Waals surface area (Å²) in [6.07, 6.45) is 0. The SMILES string of the molecule is CCN(CC)CCN1C(=O)C(=O)/C(=C(/O)c2ccc3c(c2)OCO3)C1c1cccs1. The van der Waals surface area contributed by atoms with Gasteiger partial charge in [0.05, 0.1) is 11.6 Å². The van der Waals surface area contributed by atoms with E-state index in [1.807, 2.05) is 17.5 Å². The third-order valence-corrected chi connectivity index (χ3v) is 6.47. The van der Waals surface area contributed by atoms with Crippen LogP contribution in [0.2, 0.25) is 0 Å². The lowest BCUT2D eigenvalue weighted by Gasteiger charge is -2.27. The van der Waals surface area contributed by atoms with E-state index in [0.29, 0.717) is 30.2 Å². The Kier molecular flexibility index (Phi) is 5.78. The lowest BCUT2D eigenvalue weighted by molar-refractivity contribution is -0.140. The molecule has 2 aromatic rings. The smallest absolute Gasteiger partial charge is 0.295 e. The van der Waals surface area contributed by atoms with Crippen LogP contribution in [-0.2, 0) is 9.59 Å². The number of likely N-dealkylation sites (tertiary alicyclic amines) is 1. The zero-order chi connectivity index (χ0) is 21.3. The van der Waals surface area contributed by atoms with Crippen molar-refractivity contribution in [2.45, 2.75) is 19.9 Å². The monoisotopic (exact) mass is 428 g/mol. The Balaban J connectivity index is 1.74. The van der Waals surface area contributed by atoms with Crippen molar-refractivity contribution >= 4 is 28.8 Å². The highest BCUT2D eigenvalue weighted by molar-refractivity contribution is 7.10. The van der Waals surface area contributed by atoms with Crippen LogP contribution in [0.1, 0.15) is 30.3 Å². The fourth-order valence-corrected chi connectivity index (χ4v) is 4.69. The summed E-state index contributed by atoms with van der Waals surface area (Å²) in [4.78, 5) is 30.5. The van der Waals surface area contributed by atoms with Crippen LogP contribution in [0, 0.1) is 0 Å². The number of rotatable bonds is 7. The van der Waals surface area contributed by atoms with Crippen molar-refractivity contribution < 1.29 is 24.2 Å². The first kappa shape index (κ1) is 20.4. The van der Waals surface area contributed by atoms with Gasteiger partial charge in [-0.05, 0) is 42.7 Å². The standard InChI is InChI=1S/C22H24N2O5S/c1-3-23(4-2)9-10-24-19(17-6-5-11-30-17)18(21(26)22(24)27)20(25)14-7-8-15-16(12-14)29-13-28-15/h5-8,11-12,19,25H,3-4,9-10,13H2,1-2H3/b20-18+. The van der Waals surface area contributed by atoms with E-state index in [9.17, 15) is 14.7 Å². The van der Waals surface area contributed by atoms with E-state index in [1.165, 1.54) is 11.3 Å². The number of aliphatic hydroxyl groups excluding tert-OH is 1. The third kappa shape index (κ3) is 3.57. The predicted molar refractivity (Wildman–Crippen MR) is 114 cm³/mol. The summed E-state index contributed by atoms with van der Waals surface area (Å²) in [6.45, 7) is 7.04. The summed E-state index contributed by atoms with van der Waals surface area (Å²) in [7, 11) is 0. The second-order valence-electron chi connectivity index (χ2n) is 7.10. The second-order valence-corrected chi connectivity index (χ2v) is 8.08. The Morgan fingerprint density at radius 1 is 1.20 bits per heavy atom. The van der Waals surface area contributed by atoms with Crippen LogP contribution in [-0.4, -0.2) is 59.6 Å². The molecule has 0 bridgehead atoms. The topological polar surface area (TPSA) is 79.3 Å². The van der Waals surface area contributed by atoms with E-state index in [2.05, 4.69) is 18.7 Å². The minimum atomic E-state index is -0.664. The van der Waals surface area contributed by atoms with Gasteiger partial charge in [-0.15, -0.1) is 11.3 Å². The molecule has 30 heavy (non-hydrogen) atoms. The number of amides is 1. The van der Waals surface area contributed by atoms with Crippen molar-refractivity contribution in [3.63, 3.8) is 0 Å². The van der Waals surface area contributed by atoms with Gasteiger partial charge < -0.3 is 24.4 Å². The van der Waals surface area contributed by atoms with Gasteiger partial charge in [-0.25, -0.2) is 0 Å². The van der Waals surface area contributed by atoms with Crippen LogP contribution < -0.4 is 9.47 Å². The average molecular weight is 429 g/mol. The minimum Gasteiger partial charge on any atom is -0.507 e. The summed E-state index contributed by atoms with van der Waals surface area (Å²) in [6, 6.07) is 8.15. The summed E-state index contributed by atoms with van der Waals surface area (Å²) in [5, 5.41) is 13.0. The Labute approximate surface area is 179 Å². The first-order valence-corrected chi connectivity index (χ1v) is 10.9. The molecule has 1 fully saturated rings. The fourth-order valence-electron chi connectivity index (χ4n) is 3.84.